The van der Waals surface area contributed by atoms with Crippen molar-refractivity contribution >= 4 is 144 Å². The summed E-state index contributed by atoms with van der Waals surface area (Å²) in [4.78, 5) is 100. The van der Waals surface area contributed by atoms with Gasteiger partial charge in [0.15, 0.2) is 0 Å². The number of carbonyl (C=O) groups is 1. The summed E-state index contributed by atoms with van der Waals surface area (Å²) < 4.78 is 3.27. The first-order valence-corrected chi connectivity index (χ1v) is 35.3. The van der Waals surface area contributed by atoms with Gasteiger partial charge in [0.2, 0.25) is 0 Å². The zero-order chi connectivity index (χ0) is 66.4. The number of rotatable bonds is 20. The zero-order valence-electron chi connectivity index (χ0n) is 53.8. The first-order chi connectivity index (χ1) is 47.5. The van der Waals surface area contributed by atoms with Crippen LogP contribution in [0.2, 0.25) is 0 Å². The smallest absolute Gasteiger partial charge is 0.263 e. The summed E-state index contributed by atoms with van der Waals surface area (Å²) in [6.45, 7) is 4.71. The summed E-state index contributed by atoms with van der Waals surface area (Å²) in [6.07, 6.45) is 19.8. The number of carbonyl (C=O) groups excluding carboxylic acids is 1. The van der Waals surface area contributed by atoms with E-state index in [0.717, 1.165) is 154 Å². The van der Waals surface area contributed by atoms with Gasteiger partial charge in [0.05, 0.1) is 66.4 Å². The second-order valence-corrected chi connectivity index (χ2v) is 26.9. The van der Waals surface area contributed by atoms with Gasteiger partial charge in [-0.25, -0.2) is 9.97 Å². The number of unbranched alkanes of at least 4 members (excludes halogenated alkanes) is 10. The first kappa shape index (κ1) is 62.8. The second-order valence-electron chi connectivity index (χ2n) is 25.3. The number of benzene rings is 7. The highest BCUT2D eigenvalue weighted by molar-refractivity contribution is 9.13. The first-order valence-electron chi connectivity index (χ1n) is 33.7. The molecular formula is C81H69Br2N9O5. The average Bonchev–Trinajstić information content (AvgIpc) is 1.41. The van der Waals surface area contributed by atoms with Gasteiger partial charge >= 0.3 is 0 Å². The van der Waals surface area contributed by atoms with Crippen LogP contribution in [0.15, 0.2) is 186 Å². The van der Waals surface area contributed by atoms with Gasteiger partial charge in [-0.2, -0.15) is 0 Å². The van der Waals surface area contributed by atoms with Crippen LogP contribution in [0.4, 0.5) is 5.69 Å². The highest BCUT2D eigenvalue weighted by Gasteiger charge is 2.30. The molecule has 482 valence electrons. The van der Waals surface area contributed by atoms with Crippen LogP contribution in [-0.4, -0.2) is 44.9 Å². The number of nitrogens with zero attached hydrogens (tertiary/aromatic N) is 4. The number of H-pyrrole nitrogens is 4. The van der Waals surface area contributed by atoms with Crippen LogP contribution in [0.25, 0.3) is 145 Å². The quantitative estimate of drug-likeness (QED) is 0.0284. The van der Waals surface area contributed by atoms with E-state index in [2.05, 4.69) is 168 Å². The Morgan fingerprint density at radius 1 is 0.381 bits per heavy atom. The van der Waals surface area contributed by atoms with Crippen molar-refractivity contribution in [3.63, 3.8) is 0 Å². The van der Waals surface area contributed by atoms with Crippen molar-refractivity contribution in [2.75, 3.05) is 5.32 Å². The number of halogens is 2. The molecule has 0 saturated heterocycles. The van der Waals surface area contributed by atoms with Crippen LogP contribution >= 0.6 is 31.9 Å². The Balaban J connectivity index is 0.846. The molecule has 16 heteroatoms. The largest absolute Gasteiger partial charge is 0.354 e. The topological polar surface area (TPSA) is 196 Å². The predicted octanol–water partition coefficient (Wildman–Crippen LogP) is 19.7. The minimum Gasteiger partial charge on any atom is -0.354 e. The molecule has 2 aliphatic heterocycles. The molecule has 8 bridgehead atoms. The predicted molar refractivity (Wildman–Crippen MR) is 406 cm³/mol. The minimum atomic E-state index is -0.531. The molecule has 0 saturated carbocycles. The minimum absolute atomic E-state index is 0.166. The molecule has 15 rings (SSSR count). The number of fused-ring (bicyclic) bond motifs is 12. The van der Waals surface area contributed by atoms with E-state index < -0.39 is 28.1 Å². The molecule has 14 nitrogen and oxygen atoms in total. The van der Waals surface area contributed by atoms with E-state index in [-0.39, 0.29) is 50.9 Å². The lowest BCUT2D eigenvalue weighted by Crippen LogP contribution is -2.36. The standard InChI is InChI=1S/C81H69Br2N9O5/c1-3-5-7-9-11-22-44-91-78(94)69-67-68-70(74(83)73(69)82)79(95)92(45-23-12-10-8-6-4-2)81(97)72(68)76-75(71(67)80(91)96)89-53-35-32-51(46-62(53)90-76)77(93)84-52-33-30-50(31-34-52)66-60-42-40-58(87-60)64(48-26-18-14-19-27-48)56-38-36-54(85-56)63(47-24-16-13-17-25-47)55-37-39-57(86-55)65(49-28-20-15-21-29-49)59-41-43-61(66)88-59/h13-21,24-43,46,85,88-90H,3-12,22-23,44-45H2,1-2H3,(H,84,93). The molecule has 1 amide bonds. The summed E-state index contributed by atoms with van der Waals surface area (Å²) in [5, 5.41) is 4.39. The molecule has 0 atom stereocenters. The van der Waals surface area contributed by atoms with Gasteiger partial charge in [-0.1, -0.05) is 181 Å². The van der Waals surface area contributed by atoms with Crippen molar-refractivity contribution in [3.05, 3.63) is 236 Å². The van der Waals surface area contributed by atoms with E-state index in [9.17, 15) is 14.4 Å². The maximum atomic E-state index is 15.2. The van der Waals surface area contributed by atoms with Crippen molar-refractivity contribution in [2.24, 2.45) is 0 Å². The number of hydrogen-bond acceptors (Lipinski definition) is 7. The Morgan fingerprint density at radius 2 is 0.732 bits per heavy atom. The van der Waals surface area contributed by atoms with Crippen molar-refractivity contribution < 1.29 is 4.79 Å². The number of hydrogen-bond donors (Lipinski definition) is 5. The number of amides is 1. The molecule has 5 N–H and O–H groups in total. The van der Waals surface area contributed by atoms with Gasteiger partial charge in [-0.15, -0.1) is 0 Å². The van der Waals surface area contributed by atoms with E-state index in [1.165, 1.54) is 9.13 Å². The fourth-order valence-electron chi connectivity index (χ4n) is 14.3. The van der Waals surface area contributed by atoms with E-state index in [1.807, 2.05) is 66.7 Å². The molecule has 13 aromatic rings. The van der Waals surface area contributed by atoms with Gasteiger partial charge < -0.3 is 25.3 Å². The second kappa shape index (κ2) is 26.7. The van der Waals surface area contributed by atoms with Gasteiger partial charge in [0, 0.05) is 88.4 Å². The van der Waals surface area contributed by atoms with E-state index >= 15 is 9.59 Å². The van der Waals surface area contributed by atoms with Gasteiger partial charge in [0.25, 0.3) is 28.1 Å². The molecule has 97 heavy (non-hydrogen) atoms. The van der Waals surface area contributed by atoms with Gasteiger partial charge in [-0.3, -0.25) is 33.1 Å². The molecule has 2 aliphatic rings. The molecule has 0 spiro atoms. The van der Waals surface area contributed by atoms with Crippen LogP contribution in [0, 0.1) is 0 Å². The summed E-state index contributed by atoms with van der Waals surface area (Å²) in [5.74, 6) is -0.392. The summed E-state index contributed by atoms with van der Waals surface area (Å²) in [5.41, 5.74) is 14.7. The van der Waals surface area contributed by atoms with Crippen LogP contribution in [0.1, 0.15) is 124 Å². The third-order valence-electron chi connectivity index (χ3n) is 19.1. The van der Waals surface area contributed by atoms with Crippen molar-refractivity contribution in [2.45, 2.75) is 104 Å². The molecule has 0 radical (unpaired) electrons. The van der Waals surface area contributed by atoms with Crippen molar-refractivity contribution in [1.29, 1.82) is 0 Å². The van der Waals surface area contributed by atoms with Gasteiger partial charge in [-0.05, 0) is 146 Å². The third kappa shape index (κ3) is 11.5. The summed E-state index contributed by atoms with van der Waals surface area (Å²) in [6, 6.07) is 52.3. The summed E-state index contributed by atoms with van der Waals surface area (Å²) >= 11 is 7.43. The van der Waals surface area contributed by atoms with Crippen LogP contribution in [0.3, 0.4) is 0 Å². The summed E-state index contributed by atoms with van der Waals surface area (Å²) in [7, 11) is 0. The molecule has 0 fully saturated rings. The number of anilines is 1. The zero-order valence-corrected chi connectivity index (χ0v) is 57.0. The molecule has 7 aromatic carbocycles. The maximum Gasteiger partial charge on any atom is 0.263 e. The van der Waals surface area contributed by atoms with E-state index in [1.54, 1.807) is 18.2 Å². The molecule has 8 heterocycles. The number of nitrogens with one attached hydrogen (secondary N) is 5. The van der Waals surface area contributed by atoms with Crippen LogP contribution in [0.5, 0.6) is 0 Å². The lowest BCUT2D eigenvalue weighted by molar-refractivity contribution is 0.102. The normalized spacial score (nSPS) is 12.2. The Kier molecular flexibility index (Phi) is 17.3. The lowest BCUT2D eigenvalue weighted by Gasteiger charge is -2.19. The van der Waals surface area contributed by atoms with Crippen LogP contribution in [-0.2, 0) is 13.1 Å². The molecular weight excluding hydrogens is 1340 g/mol. The number of pyridine rings is 2. The number of aromatic amines is 4. The van der Waals surface area contributed by atoms with E-state index in [4.69, 9.17) is 9.97 Å². The van der Waals surface area contributed by atoms with E-state index in [0.29, 0.717) is 49.6 Å². The van der Waals surface area contributed by atoms with Crippen molar-refractivity contribution in [1.82, 2.24) is 39.0 Å². The molecule has 0 unspecified atom stereocenters. The highest BCUT2D eigenvalue weighted by Crippen LogP contribution is 2.44. The van der Waals surface area contributed by atoms with Crippen LogP contribution < -0.4 is 27.6 Å². The molecule has 0 aliphatic carbocycles. The van der Waals surface area contributed by atoms with Crippen molar-refractivity contribution in [3.8, 4) is 44.5 Å². The average molecular weight is 1410 g/mol. The Bertz CT molecular complexity index is 5750. The highest BCUT2D eigenvalue weighted by atomic mass is 79.9. The Labute approximate surface area is 574 Å². The van der Waals surface area contributed by atoms with Gasteiger partial charge in [0.1, 0.15) is 0 Å². The monoisotopic (exact) mass is 1410 g/mol. The number of aromatic nitrogens is 8. The Hall–Kier alpha value is -10.3. The molecule has 6 aromatic heterocycles. The SMILES string of the molecule is CCCCCCCCn1c(=O)c2c(Br)c(Br)c3c(=O)n(CCCCCCCC)c(=O)c4c5[nH]c6cc(C(=O)Nc7ccc(-c8c9nc(c(-c%10ccccc%10)c%10ccc([nH]%10)c(-c%10ccccc%10)c%10nc(c(-c%11ccccc%11)c%11ccc8[nH]%11)C=C%10)C=C9)cc7)ccc6[nH]c5c(c1=O)c2c34. The Morgan fingerprint density at radius 3 is 1.13 bits per heavy atom. The lowest BCUT2D eigenvalue weighted by atomic mass is 9.94. The maximum absolute atomic E-state index is 15.2. The fraction of sp³-hybridized carbons (Fsp3) is 0.198. The third-order valence-corrected chi connectivity index (χ3v) is 21.2. The fourth-order valence-corrected chi connectivity index (χ4v) is 15.5.